The predicted octanol–water partition coefficient (Wildman–Crippen LogP) is 3.92. The quantitative estimate of drug-likeness (QED) is 0.782. The van der Waals surface area contributed by atoms with E-state index in [1.807, 2.05) is 18.5 Å². The predicted molar refractivity (Wildman–Crippen MR) is 103 cm³/mol. The maximum atomic E-state index is 12.4. The van der Waals surface area contributed by atoms with Crippen molar-refractivity contribution >= 4 is 5.91 Å². The Labute approximate surface area is 156 Å². The molecule has 1 unspecified atom stereocenters. The number of rotatable bonds is 8. The molecule has 0 aliphatic heterocycles. The number of carbonyl (C=O) groups excluding carboxylic acids is 1. The third kappa shape index (κ3) is 4.95. The van der Waals surface area contributed by atoms with Crippen molar-refractivity contribution in [3.8, 4) is 6.07 Å². The molecule has 0 aliphatic carbocycles. The van der Waals surface area contributed by atoms with Gasteiger partial charge in [-0.3, -0.25) is 9.48 Å². The first-order valence-electron chi connectivity index (χ1n) is 9.22. The van der Waals surface area contributed by atoms with Gasteiger partial charge in [-0.1, -0.05) is 36.8 Å². The maximum Gasteiger partial charge on any atom is 0.220 e. The van der Waals surface area contributed by atoms with Crippen LogP contribution in [0.3, 0.4) is 0 Å². The van der Waals surface area contributed by atoms with E-state index in [2.05, 4.69) is 54.6 Å². The lowest BCUT2D eigenvalue weighted by Gasteiger charge is -2.18. The van der Waals surface area contributed by atoms with E-state index in [4.69, 9.17) is 5.26 Å². The lowest BCUT2D eigenvalue weighted by molar-refractivity contribution is -0.121. The van der Waals surface area contributed by atoms with Crippen LogP contribution in [0.5, 0.6) is 0 Å². The molecule has 2 aromatic rings. The Morgan fingerprint density at radius 1 is 1.27 bits per heavy atom. The first-order valence-corrected chi connectivity index (χ1v) is 9.22. The highest BCUT2D eigenvalue weighted by Crippen LogP contribution is 2.19. The molecular formula is C21H28N4O. The zero-order valence-corrected chi connectivity index (χ0v) is 16.2. The number of nitriles is 1. The van der Waals surface area contributed by atoms with Crippen molar-refractivity contribution in [2.75, 3.05) is 0 Å². The molecule has 0 aliphatic rings. The number of amides is 1. The summed E-state index contributed by atoms with van der Waals surface area (Å²) in [5, 5.41) is 16.4. The van der Waals surface area contributed by atoms with E-state index in [1.165, 1.54) is 5.56 Å². The Morgan fingerprint density at radius 3 is 2.58 bits per heavy atom. The molecule has 2 rings (SSSR count). The van der Waals surface area contributed by atoms with Crippen LogP contribution in [0.25, 0.3) is 0 Å². The van der Waals surface area contributed by atoms with Crippen molar-refractivity contribution < 1.29 is 4.79 Å². The molecule has 26 heavy (non-hydrogen) atoms. The number of carbonyl (C=O) groups is 1. The SMILES string of the molecule is CCC(NC(=O)CCc1c(C)nn(CCC#N)c1C)c1ccc(C)cc1. The number of nitrogens with zero attached hydrogens (tertiary/aromatic N) is 3. The molecule has 0 fully saturated rings. The van der Waals surface area contributed by atoms with Gasteiger partial charge in [-0.2, -0.15) is 10.4 Å². The Kier molecular flexibility index (Phi) is 6.97. The molecule has 0 spiro atoms. The molecule has 5 heteroatoms. The number of benzene rings is 1. The van der Waals surface area contributed by atoms with Crippen molar-refractivity contribution in [1.29, 1.82) is 5.26 Å². The van der Waals surface area contributed by atoms with Gasteiger partial charge < -0.3 is 5.32 Å². The maximum absolute atomic E-state index is 12.4. The van der Waals surface area contributed by atoms with Gasteiger partial charge >= 0.3 is 0 Å². The molecule has 0 saturated carbocycles. The smallest absolute Gasteiger partial charge is 0.220 e. The van der Waals surface area contributed by atoms with Crippen LogP contribution in [0.1, 0.15) is 60.3 Å². The zero-order valence-electron chi connectivity index (χ0n) is 16.2. The third-order valence-electron chi connectivity index (χ3n) is 4.79. The Hall–Kier alpha value is -2.61. The summed E-state index contributed by atoms with van der Waals surface area (Å²) in [5.74, 6) is 0.0565. The van der Waals surface area contributed by atoms with Crippen molar-refractivity contribution in [2.45, 2.75) is 66.0 Å². The monoisotopic (exact) mass is 352 g/mol. The van der Waals surface area contributed by atoms with Crippen molar-refractivity contribution in [1.82, 2.24) is 15.1 Å². The van der Waals surface area contributed by atoms with Crippen LogP contribution in [0.15, 0.2) is 24.3 Å². The van der Waals surface area contributed by atoms with Gasteiger partial charge in [0.1, 0.15) is 0 Å². The molecule has 0 saturated heterocycles. The fraction of sp³-hybridized carbons (Fsp3) is 0.476. The highest BCUT2D eigenvalue weighted by molar-refractivity contribution is 5.76. The van der Waals surface area contributed by atoms with Crippen LogP contribution >= 0.6 is 0 Å². The minimum Gasteiger partial charge on any atom is -0.349 e. The van der Waals surface area contributed by atoms with Crippen molar-refractivity contribution in [2.24, 2.45) is 0 Å². The second kappa shape index (κ2) is 9.19. The lowest BCUT2D eigenvalue weighted by Crippen LogP contribution is -2.28. The number of nitrogens with one attached hydrogen (secondary N) is 1. The largest absolute Gasteiger partial charge is 0.349 e. The van der Waals surface area contributed by atoms with Crippen LogP contribution in [-0.2, 0) is 17.8 Å². The number of hydrogen-bond donors (Lipinski definition) is 1. The molecule has 138 valence electrons. The average Bonchev–Trinajstić information content (AvgIpc) is 2.90. The van der Waals surface area contributed by atoms with Crippen LogP contribution in [0.2, 0.25) is 0 Å². The molecule has 1 aromatic carbocycles. The number of aryl methyl sites for hydroxylation is 3. The van der Waals surface area contributed by atoms with Crippen LogP contribution in [-0.4, -0.2) is 15.7 Å². The number of hydrogen-bond acceptors (Lipinski definition) is 3. The molecule has 1 aromatic heterocycles. The van der Waals surface area contributed by atoms with E-state index in [-0.39, 0.29) is 11.9 Å². The Morgan fingerprint density at radius 2 is 1.96 bits per heavy atom. The molecule has 0 bridgehead atoms. The Bertz CT molecular complexity index is 784. The highest BCUT2D eigenvalue weighted by atomic mass is 16.1. The minimum atomic E-state index is 0.0450. The Balaban J connectivity index is 1.97. The summed E-state index contributed by atoms with van der Waals surface area (Å²) >= 11 is 0. The van der Waals surface area contributed by atoms with Gasteiger partial charge in [-0.25, -0.2) is 0 Å². The summed E-state index contributed by atoms with van der Waals surface area (Å²) < 4.78 is 1.87. The molecule has 1 N–H and O–H groups in total. The van der Waals surface area contributed by atoms with E-state index >= 15 is 0 Å². The van der Waals surface area contributed by atoms with Gasteiger partial charge in [-0.15, -0.1) is 0 Å². The first-order chi connectivity index (χ1) is 12.5. The van der Waals surface area contributed by atoms with E-state index < -0.39 is 0 Å². The summed E-state index contributed by atoms with van der Waals surface area (Å²) in [5.41, 5.74) is 5.47. The molecule has 1 atom stereocenters. The molecule has 5 nitrogen and oxygen atoms in total. The molecular weight excluding hydrogens is 324 g/mol. The van der Waals surface area contributed by atoms with Gasteiger partial charge in [0, 0.05) is 12.1 Å². The lowest BCUT2D eigenvalue weighted by atomic mass is 10.0. The van der Waals surface area contributed by atoms with Crippen LogP contribution < -0.4 is 5.32 Å². The van der Waals surface area contributed by atoms with E-state index in [0.717, 1.165) is 28.9 Å². The highest BCUT2D eigenvalue weighted by Gasteiger charge is 2.16. The minimum absolute atomic E-state index is 0.0450. The zero-order chi connectivity index (χ0) is 19.1. The molecule has 1 amide bonds. The standard InChI is InChI=1S/C21H28N4O/c1-5-20(18-9-7-15(2)8-10-18)23-21(26)12-11-19-16(3)24-25(17(19)4)14-6-13-22/h7-10,20H,5-6,11-12,14H2,1-4H3,(H,23,26). The van der Waals surface area contributed by atoms with Gasteiger partial charge in [0.2, 0.25) is 5.91 Å². The van der Waals surface area contributed by atoms with Gasteiger partial charge in [0.15, 0.2) is 0 Å². The van der Waals surface area contributed by atoms with E-state index in [1.54, 1.807) is 0 Å². The van der Waals surface area contributed by atoms with Crippen LogP contribution in [0.4, 0.5) is 0 Å². The number of aromatic nitrogens is 2. The first kappa shape index (κ1) is 19.7. The van der Waals surface area contributed by atoms with Gasteiger partial charge in [0.25, 0.3) is 0 Å². The summed E-state index contributed by atoms with van der Waals surface area (Å²) in [7, 11) is 0. The average molecular weight is 352 g/mol. The summed E-state index contributed by atoms with van der Waals surface area (Å²) in [6.45, 7) is 8.71. The second-order valence-corrected chi connectivity index (χ2v) is 6.72. The second-order valence-electron chi connectivity index (χ2n) is 6.72. The molecule has 1 heterocycles. The van der Waals surface area contributed by atoms with Gasteiger partial charge in [0.05, 0.1) is 30.8 Å². The van der Waals surface area contributed by atoms with Crippen molar-refractivity contribution in [3.05, 3.63) is 52.3 Å². The summed E-state index contributed by atoms with van der Waals surface area (Å²) in [6, 6.07) is 10.5. The molecule has 0 radical (unpaired) electrons. The van der Waals surface area contributed by atoms with Crippen LogP contribution in [0, 0.1) is 32.1 Å². The normalized spacial score (nSPS) is 11.8. The van der Waals surface area contributed by atoms with Crippen molar-refractivity contribution in [3.63, 3.8) is 0 Å². The fourth-order valence-electron chi connectivity index (χ4n) is 3.19. The summed E-state index contributed by atoms with van der Waals surface area (Å²) in [4.78, 5) is 12.4. The fourth-order valence-corrected chi connectivity index (χ4v) is 3.19. The van der Waals surface area contributed by atoms with Gasteiger partial charge in [-0.05, 0) is 44.7 Å². The van der Waals surface area contributed by atoms with E-state index in [0.29, 0.717) is 25.8 Å². The third-order valence-corrected chi connectivity index (χ3v) is 4.79. The van der Waals surface area contributed by atoms with E-state index in [9.17, 15) is 4.79 Å². The summed E-state index contributed by atoms with van der Waals surface area (Å²) in [6.07, 6.45) is 2.41. The topological polar surface area (TPSA) is 70.7 Å².